The monoisotopic (exact) mass is 953 g/mol. The fourth-order valence-corrected chi connectivity index (χ4v) is 12.3. The molecule has 0 aliphatic rings. The van der Waals surface area contributed by atoms with Gasteiger partial charge < -0.3 is 10.2 Å². The second-order valence-corrected chi connectivity index (χ2v) is 25.3. The molecule has 0 saturated heterocycles. The van der Waals surface area contributed by atoms with E-state index in [4.69, 9.17) is 0 Å². The van der Waals surface area contributed by atoms with Crippen LogP contribution in [0, 0.1) is 27.7 Å². The van der Waals surface area contributed by atoms with Gasteiger partial charge in [-0.3, -0.25) is 0 Å². The lowest BCUT2D eigenvalue weighted by molar-refractivity contribution is 0.385. The molecule has 3 rings (SSSR count). The second kappa shape index (κ2) is 26.7. The Morgan fingerprint density at radius 1 is 0.455 bits per heavy atom. The minimum Gasteiger partial charge on any atom is -0.507 e. The zero-order chi connectivity index (χ0) is 49.3. The quantitative estimate of drug-likeness (QED) is 0.0643. The number of benzene rings is 3. The number of hydrogen-bond acceptors (Lipinski definition) is 6. The Labute approximate surface area is 404 Å². The largest absolute Gasteiger partial charge is 0.507 e. The van der Waals surface area contributed by atoms with Crippen LogP contribution >= 0.6 is 0 Å². The van der Waals surface area contributed by atoms with Gasteiger partial charge in [0.25, 0.3) is 0 Å². The first-order chi connectivity index (χ1) is 31.0. The van der Waals surface area contributed by atoms with E-state index in [9.17, 15) is 27.0 Å². The van der Waals surface area contributed by atoms with Gasteiger partial charge in [-0.05, 0) is 114 Å². The lowest BCUT2D eigenvalue weighted by Crippen LogP contribution is -2.34. The first-order valence-corrected chi connectivity index (χ1v) is 28.6. The van der Waals surface area contributed by atoms with Gasteiger partial charge in [0.1, 0.15) is 11.5 Å². The summed E-state index contributed by atoms with van der Waals surface area (Å²) in [6.07, 6.45) is 22.4. The molecule has 0 spiro atoms. The average molecular weight is 953 g/mol. The molecule has 374 valence electrons. The maximum atomic E-state index is 14.9. The summed E-state index contributed by atoms with van der Waals surface area (Å²) >= 11 is 0. The Morgan fingerprint density at radius 3 is 1.03 bits per heavy atom. The van der Waals surface area contributed by atoms with Crippen molar-refractivity contribution in [2.24, 2.45) is 0 Å². The van der Waals surface area contributed by atoms with Crippen LogP contribution in [0.1, 0.15) is 228 Å². The van der Waals surface area contributed by atoms with Gasteiger partial charge in [-0.15, -0.1) is 0 Å². The number of aryl methyl sites for hydroxylation is 2. The van der Waals surface area contributed by atoms with E-state index in [1.165, 1.54) is 110 Å². The molecule has 10 heteroatoms. The van der Waals surface area contributed by atoms with Crippen molar-refractivity contribution in [3.05, 3.63) is 80.9 Å². The van der Waals surface area contributed by atoms with Gasteiger partial charge in [0.2, 0.25) is 20.0 Å². The van der Waals surface area contributed by atoms with Crippen molar-refractivity contribution in [3.63, 3.8) is 0 Å². The summed E-state index contributed by atoms with van der Waals surface area (Å²) in [5.41, 5.74) is 5.68. The molecule has 0 radical (unpaired) electrons. The van der Waals surface area contributed by atoms with Crippen LogP contribution in [-0.2, 0) is 44.0 Å². The lowest BCUT2D eigenvalue weighted by atomic mass is 9.82. The number of rotatable bonds is 30. The Morgan fingerprint density at radius 2 is 0.742 bits per heavy atom. The molecule has 66 heavy (non-hydrogen) atoms. The van der Waals surface area contributed by atoms with E-state index in [-0.39, 0.29) is 58.3 Å². The minimum absolute atomic E-state index is 0.0594. The first-order valence-electron chi connectivity index (χ1n) is 25.7. The molecule has 3 aromatic carbocycles. The summed E-state index contributed by atoms with van der Waals surface area (Å²) in [5.74, 6) is 0.364. The summed E-state index contributed by atoms with van der Waals surface area (Å²) < 4.78 is 62.7. The van der Waals surface area contributed by atoms with Gasteiger partial charge in [0.05, 0.1) is 9.79 Å². The number of sulfonamides is 2. The summed E-state index contributed by atoms with van der Waals surface area (Å²) in [5, 5.41) is 22.8. The molecule has 0 heterocycles. The molecule has 0 saturated carbocycles. The highest BCUT2D eigenvalue weighted by molar-refractivity contribution is 7.90. The topological polar surface area (TPSA) is 115 Å². The molecule has 0 fully saturated rings. The molecular formula is C56H92N2O6S2. The highest BCUT2D eigenvalue weighted by Gasteiger charge is 2.32. The fraction of sp³-hybridized carbons (Fsp3) is 0.679. The van der Waals surface area contributed by atoms with Crippen LogP contribution in [0.4, 0.5) is 0 Å². The highest BCUT2D eigenvalue weighted by Crippen LogP contribution is 2.39. The predicted octanol–water partition coefficient (Wildman–Crippen LogP) is 15.2. The first kappa shape index (κ1) is 57.4. The molecule has 0 bridgehead atoms. The van der Waals surface area contributed by atoms with Gasteiger partial charge in [0, 0.05) is 26.2 Å². The minimum atomic E-state index is -4.20. The van der Waals surface area contributed by atoms with Crippen LogP contribution in [0.25, 0.3) is 0 Å². The van der Waals surface area contributed by atoms with Crippen LogP contribution in [-0.4, -0.2) is 48.7 Å². The summed E-state index contributed by atoms with van der Waals surface area (Å²) in [6, 6.07) is 9.83. The standard InChI is InChI=1S/C56H92N2O6S2/c1-13-15-17-19-21-23-25-27-29-31-36-57(41-49-43(3)38-51(55(7,8)9)53(59)45(49)5)65(61,62)47-34-33-35-48(40-47)66(63,64)58(37-32-30-28-26-24-22-20-18-16-14-2)42-50-44(4)39-52(56(10,11)12)54(60)46(50)6/h33-35,38-40,59-60H,13-32,36-37,41-42H2,1-12H3. The van der Waals surface area contributed by atoms with E-state index in [0.29, 0.717) is 24.0 Å². The third-order valence-corrected chi connectivity index (χ3v) is 17.4. The van der Waals surface area contributed by atoms with Crippen molar-refractivity contribution >= 4 is 20.0 Å². The zero-order valence-electron chi connectivity index (χ0n) is 43.7. The molecule has 0 aromatic heterocycles. The molecule has 0 aliphatic heterocycles. The second-order valence-electron chi connectivity index (χ2n) is 21.4. The number of hydrogen-bond donors (Lipinski definition) is 2. The zero-order valence-corrected chi connectivity index (χ0v) is 45.3. The van der Waals surface area contributed by atoms with E-state index in [1.807, 2.05) is 39.8 Å². The Balaban J connectivity index is 2.00. The summed E-state index contributed by atoms with van der Waals surface area (Å²) in [4.78, 5) is -0.139. The molecule has 8 nitrogen and oxygen atoms in total. The average Bonchev–Trinajstić information content (AvgIpc) is 3.25. The number of nitrogens with zero attached hydrogens (tertiary/aromatic N) is 2. The molecule has 3 aromatic rings. The maximum absolute atomic E-state index is 14.9. The molecule has 0 atom stereocenters. The highest BCUT2D eigenvalue weighted by atomic mass is 32.2. The van der Waals surface area contributed by atoms with Gasteiger partial charge in [-0.1, -0.05) is 189 Å². The van der Waals surface area contributed by atoms with Gasteiger partial charge >= 0.3 is 0 Å². The SMILES string of the molecule is CCCCCCCCCCCCN(Cc1c(C)cc(C(C)(C)C)c(O)c1C)S(=O)(=O)c1cccc(S(=O)(=O)N(CCCCCCCCCCCC)Cc2c(C)cc(C(C)(C)C)c(O)c2C)c1. The van der Waals surface area contributed by atoms with Crippen LogP contribution in [0.15, 0.2) is 46.2 Å². The van der Waals surface area contributed by atoms with E-state index >= 15 is 0 Å². The van der Waals surface area contributed by atoms with E-state index in [1.54, 1.807) is 0 Å². The van der Waals surface area contributed by atoms with Crippen LogP contribution in [0.2, 0.25) is 0 Å². The van der Waals surface area contributed by atoms with Gasteiger partial charge in [-0.2, -0.15) is 8.61 Å². The van der Waals surface area contributed by atoms with E-state index < -0.39 is 20.0 Å². The smallest absolute Gasteiger partial charge is 0.243 e. The lowest BCUT2D eigenvalue weighted by Gasteiger charge is -2.28. The third-order valence-electron chi connectivity index (χ3n) is 13.7. The molecule has 2 N–H and O–H groups in total. The predicted molar refractivity (Wildman–Crippen MR) is 278 cm³/mol. The Kier molecular flexibility index (Phi) is 23.2. The summed E-state index contributed by atoms with van der Waals surface area (Å²) in [6.45, 7) is 25.1. The van der Waals surface area contributed by atoms with Crippen molar-refractivity contribution in [2.45, 2.75) is 245 Å². The van der Waals surface area contributed by atoms with Crippen LogP contribution < -0.4 is 0 Å². The van der Waals surface area contributed by atoms with Crippen molar-refractivity contribution in [2.75, 3.05) is 13.1 Å². The molecular weight excluding hydrogens is 861 g/mol. The van der Waals surface area contributed by atoms with Crippen molar-refractivity contribution in [1.29, 1.82) is 0 Å². The molecule has 0 amide bonds. The number of phenols is 2. The maximum Gasteiger partial charge on any atom is 0.243 e. The van der Waals surface area contributed by atoms with Gasteiger partial charge in [-0.25, -0.2) is 16.8 Å². The van der Waals surface area contributed by atoms with E-state index in [2.05, 4.69) is 55.4 Å². The summed E-state index contributed by atoms with van der Waals surface area (Å²) in [7, 11) is -8.40. The van der Waals surface area contributed by atoms with Crippen LogP contribution in [0.3, 0.4) is 0 Å². The van der Waals surface area contributed by atoms with Crippen molar-refractivity contribution in [3.8, 4) is 11.5 Å². The Hall–Kier alpha value is -2.92. The number of phenolic OH excluding ortho intramolecular Hbond substituents is 2. The fourth-order valence-electron chi connectivity index (χ4n) is 9.22. The number of aromatic hydroxyl groups is 2. The van der Waals surface area contributed by atoms with Crippen molar-refractivity contribution < 1.29 is 27.0 Å². The Bertz CT molecular complexity index is 2030. The normalized spacial score (nSPS) is 12.8. The third kappa shape index (κ3) is 16.6. The molecule has 0 aliphatic carbocycles. The molecule has 0 unspecified atom stereocenters. The van der Waals surface area contributed by atoms with Gasteiger partial charge in [0.15, 0.2) is 0 Å². The van der Waals surface area contributed by atoms with Crippen LogP contribution in [0.5, 0.6) is 11.5 Å². The number of unbranched alkanes of at least 4 members (excludes halogenated alkanes) is 18. The van der Waals surface area contributed by atoms with E-state index in [0.717, 1.165) is 71.9 Å². The van der Waals surface area contributed by atoms with Crippen molar-refractivity contribution in [1.82, 2.24) is 8.61 Å².